The van der Waals surface area contributed by atoms with Gasteiger partial charge in [0.15, 0.2) is 5.17 Å². The van der Waals surface area contributed by atoms with Gasteiger partial charge < -0.3 is 10.6 Å². The summed E-state index contributed by atoms with van der Waals surface area (Å²) in [4.78, 5) is 49.8. The number of unbranched alkanes of at least 4 members (excludes halogenated alkanes) is 1. The average Bonchev–Trinajstić information content (AvgIpc) is 3.18. The van der Waals surface area contributed by atoms with Crippen molar-refractivity contribution < 1.29 is 14.4 Å². The van der Waals surface area contributed by atoms with Gasteiger partial charge in [-0.05, 0) is 49.6 Å². The summed E-state index contributed by atoms with van der Waals surface area (Å²) in [5.74, 6) is -0.181. The first-order valence-electron chi connectivity index (χ1n) is 12.3. The number of nitrogens with zero attached hydrogens (tertiary/aromatic N) is 3. The zero-order valence-electron chi connectivity index (χ0n) is 20.8. The van der Waals surface area contributed by atoms with E-state index in [2.05, 4.69) is 22.5 Å². The summed E-state index contributed by atoms with van der Waals surface area (Å²) in [7, 11) is 0. The number of nitrogens with one attached hydrogen (secondary N) is 2. The molecule has 3 amide bonds. The number of anilines is 1. The lowest BCUT2D eigenvalue weighted by Gasteiger charge is -2.27. The molecule has 0 saturated carbocycles. The Kier molecular flexibility index (Phi) is 8.20. The van der Waals surface area contributed by atoms with Gasteiger partial charge in [0, 0.05) is 17.8 Å². The van der Waals surface area contributed by atoms with Crippen LogP contribution in [0.2, 0.25) is 0 Å². The van der Waals surface area contributed by atoms with Crippen LogP contribution in [0.5, 0.6) is 0 Å². The second kappa shape index (κ2) is 11.5. The standard InChI is InChI=1S/C27H31N5O3S/c1-4-6-14-28-23(33)16-21-26(35)32-24(30-21)19-12-7-8-13-20(19)31-27(32)36-22(5-2)25(34)29-18-11-9-10-17(3)15-18/h7-13,15,21-22H,4-6,14,16H2,1-3H3,(H,28,33)(H,29,34)/t21-,22-/m1/s1. The van der Waals surface area contributed by atoms with Gasteiger partial charge in [0.25, 0.3) is 5.91 Å². The van der Waals surface area contributed by atoms with Crippen molar-refractivity contribution in [2.45, 2.75) is 57.7 Å². The first kappa shape index (κ1) is 25.6. The van der Waals surface area contributed by atoms with Gasteiger partial charge in [0.2, 0.25) is 11.8 Å². The molecule has 188 valence electrons. The van der Waals surface area contributed by atoms with Crippen molar-refractivity contribution in [3.05, 3.63) is 59.7 Å². The molecular formula is C27H31N5O3S. The fourth-order valence-electron chi connectivity index (χ4n) is 4.06. The Morgan fingerprint density at radius 1 is 1.14 bits per heavy atom. The van der Waals surface area contributed by atoms with Crippen LogP contribution < -0.4 is 10.6 Å². The lowest BCUT2D eigenvalue weighted by Crippen LogP contribution is -2.43. The maximum Gasteiger partial charge on any atom is 0.259 e. The predicted molar refractivity (Wildman–Crippen MR) is 145 cm³/mol. The largest absolute Gasteiger partial charge is 0.356 e. The summed E-state index contributed by atoms with van der Waals surface area (Å²) >= 11 is 1.24. The highest BCUT2D eigenvalue weighted by Gasteiger charge is 2.43. The molecule has 0 unspecified atom stereocenters. The highest BCUT2D eigenvalue weighted by molar-refractivity contribution is 8.15. The Hall–Kier alpha value is -3.46. The first-order valence-corrected chi connectivity index (χ1v) is 13.2. The van der Waals surface area contributed by atoms with E-state index in [1.54, 1.807) is 0 Å². The van der Waals surface area contributed by atoms with Crippen molar-refractivity contribution in [1.82, 2.24) is 10.2 Å². The lowest BCUT2D eigenvalue weighted by atomic mass is 10.1. The number of benzene rings is 2. The van der Waals surface area contributed by atoms with Crippen molar-refractivity contribution >= 4 is 51.9 Å². The third kappa shape index (κ3) is 5.67. The molecule has 0 aromatic heterocycles. The van der Waals surface area contributed by atoms with Gasteiger partial charge in [0.05, 0.1) is 17.4 Å². The van der Waals surface area contributed by atoms with Crippen LogP contribution in [0.4, 0.5) is 11.4 Å². The average molecular weight is 506 g/mol. The van der Waals surface area contributed by atoms with Crippen LogP contribution in [0.15, 0.2) is 58.5 Å². The van der Waals surface area contributed by atoms with Crippen LogP contribution in [0.1, 0.15) is 50.7 Å². The summed E-state index contributed by atoms with van der Waals surface area (Å²) < 4.78 is 0. The van der Waals surface area contributed by atoms with Gasteiger partial charge >= 0.3 is 0 Å². The first-order chi connectivity index (χ1) is 17.4. The Morgan fingerprint density at radius 3 is 2.69 bits per heavy atom. The molecule has 2 aromatic rings. The number of aliphatic imine (C=N–C) groups is 2. The molecular weight excluding hydrogens is 474 g/mol. The summed E-state index contributed by atoms with van der Waals surface area (Å²) in [6.45, 7) is 6.53. The molecule has 9 heteroatoms. The molecule has 8 nitrogen and oxygen atoms in total. The number of para-hydroxylation sites is 1. The number of hydrogen-bond acceptors (Lipinski definition) is 6. The van der Waals surface area contributed by atoms with Gasteiger partial charge in [-0.3, -0.25) is 19.4 Å². The number of carbonyl (C=O) groups is 3. The highest BCUT2D eigenvalue weighted by atomic mass is 32.2. The summed E-state index contributed by atoms with van der Waals surface area (Å²) in [5, 5.41) is 5.76. The van der Waals surface area contributed by atoms with Gasteiger partial charge in [-0.15, -0.1) is 0 Å². The second-order valence-corrected chi connectivity index (χ2v) is 10.0. The maximum atomic E-state index is 13.4. The van der Waals surface area contributed by atoms with Crippen molar-refractivity contribution in [1.29, 1.82) is 0 Å². The third-order valence-electron chi connectivity index (χ3n) is 5.98. The summed E-state index contributed by atoms with van der Waals surface area (Å²) in [5.41, 5.74) is 3.20. The molecule has 2 aromatic carbocycles. The van der Waals surface area contributed by atoms with Crippen LogP contribution >= 0.6 is 11.8 Å². The maximum absolute atomic E-state index is 13.4. The minimum absolute atomic E-state index is 0.0201. The van der Waals surface area contributed by atoms with Crippen molar-refractivity contribution in [3.63, 3.8) is 0 Å². The van der Waals surface area contributed by atoms with Crippen LogP contribution in [0.25, 0.3) is 0 Å². The van der Waals surface area contributed by atoms with E-state index in [-0.39, 0.29) is 24.1 Å². The van der Waals surface area contributed by atoms with Crippen molar-refractivity contribution in [3.8, 4) is 0 Å². The quantitative estimate of drug-likeness (QED) is 0.493. The van der Waals surface area contributed by atoms with E-state index in [1.807, 2.05) is 62.4 Å². The normalized spacial score (nSPS) is 17.0. The smallest absolute Gasteiger partial charge is 0.259 e. The molecule has 2 N–H and O–H groups in total. The molecule has 0 spiro atoms. The molecule has 36 heavy (non-hydrogen) atoms. The molecule has 2 atom stereocenters. The van der Waals surface area contributed by atoms with E-state index in [9.17, 15) is 14.4 Å². The summed E-state index contributed by atoms with van der Waals surface area (Å²) in [6, 6.07) is 14.3. The number of hydrogen-bond donors (Lipinski definition) is 2. The second-order valence-electron chi connectivity index (χ2n) is 8.83. The number of amides is 3. The van der Waals surface area contributed by atoms with E-state index in [1.165, 1.54) is 16.7 Å². The van der Waals surface area contributed by atoms with Crippen LogP contribution in [-0.2, 0) is 14.4 Å². The number of rotatable bonds is 9. The third-order valence-corrected chi connectivity index (χ3v) is 7.29. The monoisotopic (exact) mass is 505 g/mol. The Bertz CT molecular complexity index is 1230. The van der Waals surface area contributed by atoms with Crippen LogP contribution in [0.3, 0.4) is 0 Å². The Morgan fingerprint density at radius 2 is 1.94 bits per heavy atom. The molecule has 4 rings (SSSR count). The lowest BCUT2D eigenvalue weighted by molar-refractivity contribution is -0.128. The summed E-state index contributed by atoms with van der Waals surface area (Å²) in [6.07, 6.45) is 2.38. The minimum Gasteiger partial charge on any atom is -0.356 e. The Labute approximate surface area is 215 Å². The number of aryl methyl sites for hydroxylation is 1. The van der Waals surface area contributed by atoms with Crippen molar-refractivity contribution in [2.75, 3.05) is 11.9 Å². The molecule has 0 aliphatic carbocycles. The Balaban J connectivity index is 1.56. The van der Waals surface area contributed by atoms with Gasteiger partial charge in [-0.1, -0.05) is 56.3 Å². The topological polar surface area (TPSA) is 103 Å². The molecule has 0 fully saturated rings. The number of fused-ring (bicyclic) bond motifs is 3. The molecule has 2 aliphatic rings. The molecule has 2 aliphatic heterocycles. The molecule has 0 bridgehead atoms. The highest BCUT2D eigenvalue weighted by Crippen LogP contribution is 2.35. The van der Waals surface area contributed by atoms with E-state index in [0.717, 1.165) is 29.7 Å². The van der Waals surface area contributed by atoms with E-state index < -0.39 is 11.3 Å². The van der Waals surface area contributed by atoms with Crippen molar-refractivity contribution in [2.24, 2.45) is 9.98 Å². The predicted octanol–water partition coefficient (Wildman–Crippen LogP) is 4.41. The van der Waals surface area contributed by atoms with E-state index in [4.69, 9.17) is 4.99 Å². The minimum atomic E-state index is -0.820. The zero-order valence-corrected chi connectivity index (χ0v) is 21.6. The number of amidine groups is 2. The van der Waals surface area contributed by atoms with Crippen LogP contribution in [0, 0.1) is 6.92 Å². The van der Waals surface area contributed by atoms with Gasteiger partial charge in [0.1, 0.15) is 11.9 Å². The van der Waals surface area contributed by atoms with Gasteiger partial charge in [-0.2, -0.15) is 0 Å². The number of carbonyl (C=O) groups excluding carboxylic acids is 3. The van der Waals surface area contributed by atoms with E-state index >= 15 is 0 Å². The van der Waals surface area contributed by atoms with E-state index in [0.29, 0.717) is 29.7 Å². The molecule has 2 heterocycles. The number of thioether (sulfide) groups is 1. The SMILES string of the molecule is CCCCNC(=O)C[C@H]1N=C2c3ccccc3N=C(S[C@H](CC)C(=O)Nc3cccc(C)c3)N2C1=O. The fraction of sp³-hybridized carbons (Fsp3) is 0.370. The fourth-order valence-corrected chi connectivity index (χ4v) is 5.08. The molecule has 0 saturated heterocycles. The van der Waals surface area contributed by atoms with Gasteiger partial charge in [-0.25, -0.2) is 9.89 Å². The van der Waals surface area contributed by atoms with Crippen LogP contribution in [-0.4, -0.2) is 51.5 Å². The molecule has 0 radical (unpaired) electrons. The zero-order chi connectivity index (χ0) is 25.7.